The van der Waals surface area contributed by atoms with Crippen molar-refractivity contribution < 1.29 is 42.1 Å². The molecule has 2 aliphatic heterocycles. The minimum absolute atomic E-state index is 0.0632. The number of unbranched alkanes of at least 4 members (excludes halogenated alkanes) is 1. The Morgan fingerprint density at radius 2 is 1.88 bits per heavy atom. The van der Waals surface area contributed by atoms with Gasteiger partial charge in [0.15, 0.2) is 5.60 Å². The molecule has 0 aliphatic carbocycles. The number of alkyl halides is 3. The Morgan fingerprint density at radius 1 is 1.17 bits per heavy atom. The van der Waals surface area contributed by atoms with Crippen LogP contribution in [0.1, 0.15) is 54.6 Å². The second-order valence-electron chi connectivity index (χ2n) is 11.2. The van der Waals surface area contributed by atoms with Gasteiger partial charge in [-0.2, -0.15) is 13.2 Å². The Hall–Kier alpha value is -3.80. The zero-order chi connectivity index (χ0) is 30.7. The van der Waals surface area contributed by atoms with Crippen molar-refractivity contribution in [2.24, 2.45) is 5.92 Å². The highest BCUT2D eigenvalue weighted by atomic mass is 19.4. The first kappa shape index (κ1) is 31.1. The van der Waals surface area contributed by atoms with Gasteiger partial charge in [-0.25, -0.2) is 4.79 Å². The number of fused-ring (bicyclic) bond motifs is 1. The summed E-state index contributed by atoms with van der Waals surface area (Å²) in [6.07, 6.45) is -3.98. The number of ether oxygens (including phenoxy) is 2. The van der Waals surface area contributed by atoms with E-state index >= 15 is 0 Å². The fourth-order valence-corrected chi connectivity index (χ4v) is 5.52. The summed E-state index contributed by atoms with van der Waals surface area (Å²) in [6.45, 7) is 3.81. The van der Waals surface area contributed by atoms with Crippen molar-refractivity contribution in [2.75, 3.05) is 38.3 Å². The van der Waals surface area contributed by atoms with E-state index in [0.29, 0.717) is 32.3 Å². The van der Waals surface area contributed by atoms with E-state index in [4.69, 9.17) is 9.47 Å². The molecule has 4 rings (SSSR count). The highest BCUT2D eigenvalue weighted by Crippen LogP contribution is 2.44. The molecule has 2 N–H and O–H groups in total. The number of methoxy groups -OCH3 is 1. The highest BCUT2D eigenvalue weighted by molar-refractivity contribution is 6.05. The molecule has 0 spiro atoms. The number of carbonyl (C=O) groups is 3. The van der Waals surface area contributed by atoms with Crippen LogP contribution in [0.4, 0.5) is 23.7 Å². The Bertz CT molecular complexity index is 1300. The lowest BCUT2D eigenvalue weighted by atomic mass is 9.85. The van der Waals surface area contributed by atoms with E-state index in [1.54, 1.807) is 7.11 Å². The Balaban J connectivity index is 1.69. The first-order chi connectivity index (χ1) is 19.8. The maximum Gasteiger partial charge on any atom is 0.417 e. The summed E-state index contributed by atoms with van der Waals surface area (Å²) in [5.41, 5.74) is -2.23. The summed E-state index contributed by atoms with van der Waals surface area (Å²) in [5, 5.41) is 12.3. The van der Waals surface area contributed by atoms with Crippen LogP contribution in [-0.4, -0.2) is 72.9 Å². The number of carbonyl (C=O) groups excluding carboxylic acids is 2. The van der Waals surface area contributed by atoms with Crippen LogP contribution in [0.25, 0.3) is 0 Å². The predicted octanol–water partition coefficient (Wildman–Crippen LogP) is 4.98. The number of hydrogen-bond acceptors (Lipinski definition) is 5. The monoisotopic (exact) mass is 591 g/mol. The molecule has 3 amide bonds. The highest BCUT2D eigenvalue weighted by Gasteiger charge is 2.44. The van der Waals surface area contributed by atoms with Crippen LogP contribution in [0, 0.1) is 5.92 Å². The predicted molar refractivity (Wildman–Crippen MR) is 149 cm³/mol. The molecular formula is C30H36F3N3O6. The molecule has 2 aromatic rings. The summed E-state index contributed by atoms with van der Waals surface area (Å²) in [7, 11) is 1.55. The first-order valence-corrected chi connectivity index (χ1v) is 13.9. The maximum absolute atomic E-state index is 14.3. The molecule has 42 heavy (non-hydrogen) atoms. The first-order valence-electron chi connectivity index (χ1n) is 13.9. The zero-order valence-corrected chi connectivity index (χ0v) is 23.9. The van der Waals surface area contributed by atoms with Gasteiger partial charge in [0.1, 0.15) is 5.75 Å². The number of nitrogens with zero attached hydrogens (tertiary/aromatic N) is 2. The normalized spacial score (nSPS) is 20.1. The molecule has 0 aromatic heterocycles. The molecule has 2 heterocycles. The van der Waals surface area contributed by atoms with E-state index in [2.05, 4.69) is 5.32 Å². The molecule has 1 saturated heterocycles. The van der Waals surface area contributed by atoms with Gasteiger partial charge in [-0.3, -0.25) is 9.59 Å². The van der Waals surface area contributed by atoms with Crippen molar-refractivity contribution in [1.29, 1.82) is 0 Å². The number of rotatable bonds is 9. The third kappa shape index (κ3) is 6.97. The average Bonchev–Trinajstić information content (AvgIpc) is 2.93. The second-order valence-corrected chi connectivity index (χ2v) is 11.2. The van der Waals surface area contributed by atoms with E-state index in [9.17, 15) is 32.7 Å². The zero-order valence-electron chi connectivity index (χ0n) is 23.9. The summed E-state index contributed by atoms with van der Waals surface area (Å²) < 4.78 is 53.8. The Labute approximate surface area is 242 Å². The topological polar surface area (TPSA) is 108 Å². The number of hydrogen-bond donors (Lipinski definition) is 2. The number of piperidine rings is 1. The SMILES string of the molecule is COCCCCN1C(=O)C(C)(C)Oc2cc(C(F)(F)F)c(C(=O)N[C@H]3CN(C(=O)O)CC[C@H]3Cc3ccccc3)cc21. The van der Waals surface area contributed by atoms with Gasteiger partial charge in [0.05, 0.1) is 22.9 Å². The molecule has 0 radical (unpaired) electrons. The van der Waals surface area contributed by atoms with Crippen molar-refractivity contribution in [2.45, 2.75) is 57.3 Å². The lowest BCUT2D eigenvalue weighted by molar-refractivity contribution is -0.138. The van der Waals surface area contributed by atoms with Crippen molar-refractivity contribution in [3.8, 4) is 5.75 Å². The van der Waals surface area contributed by atoms with Crippen molar-refractivity contribution in [1.82, 2.24) is 10.2 Å². The van der Waals surface area contributed by atoms with Gasteiger partial charge >= 0.3 is 12.3 Å². The average molecular weight is 592 g/mol. The molecule has 2 aromatic carbocycles. The number of amides is 3. The minimum atomic E-state index is -4.90. The molecule has 0 unspecified atom stereocenters. The molecule has 12 heteroatoms. The minimum Gasteiger partial charge on any atom is -0.476 e. The van der Waals surface area contributed by atoms with Gasteiger partial charge in [0.25, 0.3) is 11.8 Å². The summed E-state index contributed by atoms with van der Waals surface area (Å²) in [4.78, 5) is 41.1. The van der Waals surface area contributed by atoms with Gasteiger partial charge in [-0.15, -0.1) is 0 Å². The molecule has 228 valence electrons. The number of halogens is 3. The number of anilines is 1. The lowest BCUT2D eigenvalue weighted by Gasteiger charge is -2.40. The number of nitrogens with one attached hydrogen (secondary N) is 1. The lowest BCUT2D eigenvalue weighted by Crippen LogP contribution is -2.54. The number of likely N-dealkylation sites (tertiary alicyclic amines) is 1. The third-order valence-corrected chi connectivity index (χ3v) is 7.73. The molecular weight excluding hydrogens is 555 g/mol. The van der Waals surface area contributed by atoms with Crippen LogP contribution < -0.4 is 15.0 Å². The smallest absolute Gasteiger partial charge is 0.417 e. The molecule has 2 atom stereocenters. The quantitative estimate of drug-likeness (QED) is 0.399. The van der Waals surface area contributed by atoms with Crippen LogP contribution in [0.15, 0.2) is 42.5 Å². The van der Waals surface area contributed by atoms with E-state index < -0.39 is 46.9 Å². The molecule has 0 saturated carbocycles. The molecule has 1 fully saturated rings. The fraction of sp³-hybridized carbons (Fsp3) is 0.500. The molecule has 0 bridgehead atoms. The largest absolute Gasteiger partial charge is 0.476 e. The van der Waals surface area contributed by atoms with E-state index in [1.165, 1.54) is 18.7 Å². The van der Waals surface area contributed by atoms with Gasteiger partial charge in [0, 0.05) is 33.4 Å². The summed E-state index contributed by atoms with van der Waals surface area (Å²) >= 11 is 0. The maximum atomic E-state index is 14.3. The van der Waals surface area contributed by atoms with Crippen LogP contribution in [-0.2, 0) is 22.1 Å². The van der Waals surface area contributed by atoms with Gasteiger partial charge in [0.2, 0.25) is 0 Å². The van der Waals surface area contributed by atoms with E-state index in [0.717, 1.165) is 22.6 Å². The summed E-state index contributed by atoms with van der Waals surface area (Å²) in [5.74, 6) is -1.79. The fourth-order valence-electron chi connectivity index (χ4n) is 5.52. The van der Waals surface area contributed by atoms with Crippen molar-refractivity contribution in [3.63, 3.8) is 0 Å². The second kappa shape index (κ2) is 12.6. The molecule has 2 aliphatic rings. The van der Waals surface area contributed by atoms with E-state index in [-0.39, 0.29) is 37.0 Å². The Kier molecular flexibility index (Phi) is 9.34. The van der Waals surface area contributed by atoms with E-state index in [1.807, 2.05) is 30.3 Å². The van der Waals surface area contributed by atoms with Crippen LogP contribution in [0.2, 0.25) is 0 Å². The molecule has 9 nitrogen and oxygen atoms in total. The van der Waals surface area contributed by atoms with Crippen molar-refractivity contribution in [3.05, 3.63) is 59.2 Å². The van der Waals surface area contributed by atoms with Crippen LogP contribution in [0.3, 0.4) is 0 Å². The van der Waals surface area contributed by atoms with Crippen molar-refractivity contribution >= 4 is 23.6 Å². The van der Waals surface area contributed by atoms with Crippen LogP contribution >= 0.6 is 0 Å². The van der Waals surface area contributed by atoms with Gasteiger partial charge in [-0.05, 0) is 63.1 Å². The Morgan fingerprint density at radius 3 is 2.52 bits per heavy atom. The van der Waals surface area contributed by atoms with Crippen LogP contribution in [0.5, 0.6) is 5.75 Å². The summed E-state index contributed by atoms with van der Waals surface area (Å²) in [6, 6.07) is 10.5. The third-order valence-electron chi connectivity index (χ3n) is 7.73. The van der Waals surface area contributed by atoms with Gasteiger partial charge in [-0.1, -0.05) is 30.3 Å². The number of carboxylic acid groups (broad SMARTS) is 1. The standard InChI is InChI=1S/C30H36F3N3O6/c1-29(2)27(38)36(12-7-8-14-41-3)24-16-21(22(30(31,32)33)17-25(24)42-29)26(37)34-23-18-35(28(39)40)13-11-20(23)15-19-9-5-4-6-10-19/h4-6,9-10,16-17,20,23H,7-8,11-15,18H2,1-3H3,(H,34,37)(H,39,40)/t20-,23-/m0/s1. The van der Waals surface area contributed by atoms with Gasteiger partial charge < -0.3 is 29.7 Å². The number of benzene rings is 2.